The lowest BCUT2D eigenvalue weighted by Crippen LogP contribution is -1.97. The van der Waals surface area contributed by atoms with Gasteiger partial charge >= 0.3 is 5.97 Å². The minimum Gasteiger partial charge on any atom is -0.505 e. The fourth-order valence-corrected chi connectivity index (χ4v) is 3.69. The van der Waals surface area contributed by atoms with E-state index in [4.69, 9.17) is 11.6 Å². The molecule has 0 unspecified atom stereocenters. The van der Waals surface area contributed by atoms with Crippen molar-refractivity contribution in [3.05, 3.63) is 9.90 Å². The van der Waals surface area contributed by atoms with E-state index in [0.29, 0.717) is 5.25 Å². The van der Waals surface area contributed by atoms with Crippen LogP contribution in [0.15, 0.2) is 4.21 Å². The van der Waals surface area contributed by atoms with Gasteiger partial charge in [-0.15, -0.1) is 23.1 Å². The van der Waals surface area contributed by atoms with E-state index in [1.807, 2.05) is 13.8 Å². The summed E-state index contributed by atoms with van der Waals surface area (Å²) in [7, 11) is 1.27. The van der Waals surface area contributed by atoms with Gasteiger partial charge in [0.25, 0.3) is 0 Å². The van der Waals surface area contributed by atoms with Gasteiger partial charge in [-0.3, -0.25) is 0 Å². The Kier molecular flexibility index (Phi) is 4.31. The zero-order chi connectivity index (χ0) is 11.6. The lowest BCUT2D eigenvalue weighted by Gasteiger charge is -2.00. The lowest BCUT2D eigenvalue weighted by atomic mass is 10.4. The van der Waals surface area contributed by atoms with Crippen LogP contribution in [-0.4, -0.2) is 23.4 Å². The maximum absolute atomic E-state index is 11.2. The number of carbonyl (C=O) groups excluding carboxylic acids is 1. The largest absolute Gasteiger partial charge is 0.505 e. The molecule has 3 nitrogen and oxygen atoms in total. The molecule has 0 aliphatic heterocycles. The lowest BCUT2D eigenvalue weighted by molar-refractivity contribution is 0.0603. The van der Waals surface area contributed by atoms with Crippen LogP contribution in [0.1, 0.15) is 23.5 Å². The molecule has 0 bridgehead atoms. The first-order valence-corrected chi connectivity index (χ1v) is 6.31. The summed E-state index contributed by atoms with van der Waals surface area (Å²) in [5.41, 5.74) is 0. The predicted octanol–water partition coefficient (Wildman–Crippen LogP) is 3.39. The topological polar surface area (TPSA) is 46.5 Å². The zero-order valence-electron chi connectivity index (χ0n) is 8.54. The van der Waals surface area contributed by atoms with Gasteiger partial charge < -0.3 is 9.84 Å². The van der Waals surface area contributed by atoms with Gasteiger partial charge in [-0.05, 0) is 0 Å². The highest BCUT2D eigenvalue weighted by atomic mass is 35.5. The quantitative estimate of drug-likeness (QED) is 0.673. The molecule has 15 heavy (non-hydrogen) atoms. The Hall–Kier alpha value is -0.390. The second-order valence-corrected chi connectivity index (χ2v) is 6.28. The number of ether oxygens (including phenoxy) is 1. The highest BCUT2D eigenvalue weighted by Gasteiger charge is 2.22. The number of thioether (sulfide) groups is 1. The minimum atomic E-state index is -0.560. The summed E-state index contributed by atoms with van der Waals surface area (Å²) in [6, 6.07) is 0. The number of hydrogen-bond acceptors (Lipinski definition) is 5. The van der Waals surface area contributed by atoms with Crippen molar-refractivity contribution < 1.29 is 14.6 Å². The van der Waals surface area contributed by atoms with Crippen LogP contribution in [-0.2, 0) is 4.74 Å². The van der Waals surface area contributed by atoms with Gasteiger partial charge in [0, 0.05) is 5.25 Å². The van der Waals surface area contributed by atoms with Gasteiger partial charge in [0.1, 0.15) is 5.02 Å². The third kappa shape index (κ3) is 2.80. The third-order valence-electron chi connectivity index (χ3n) is 1.51. The Morgan fingerprint density at radius 2 is 2.20 bits per heavy atom. The summed E-state index contributed by atoms with van der Waals surface area (Å²) in [5.74, 6) is -0.744. The Bertz CT molecular complexity index is 374. The van der Waals surface area contributed by atoms with Crippen LogP contribution in [0.3, 0.4) is 0 Å². The van der Waals surface area contributed by atoms with Crippen molar-refractivity contribution >= 4 is 40.7 Å². The van der Waals surface area contributed by atoms with E-state index in [9.17, 15) is 9.90 Å². The van der Waals surface area contributed by atoms with Crippen molar-refractivity contribution in [3.63, 3.8) is 0 Å². The Morgan fingerprint density at radius 1 is 1.60 bits per heavy atom. The smallest absolute Gasteiger partial charge is 0.351 e. The van der Waals surface area contributed by atoms with Gasteiger partial charge in [0.05, 0.1) is 11.3 Å². The van der Waals surface area contributed by atoms with Crippen LogP contribution in [0, 0.1) is 0 Å². The molecule has 0 amide bonds. The second-order valence-electron chi connectivity index (χ2n) is 3.04. The van der Waals surface area contributed by atoms with Crippen molar-refractivity contribution in [2.75, 3.05) is 7.11 Å². The number of esters is 1. The fourth-order valence-electron chi connectivity index (χ4n) is 0.903. The van der Waals surface area contributed by atoms with Crippen molar-refractivity contribution in [1.82, 2.24) is 0 Å². The van der Waals surface area contributed by atoms with Crippen molar-refractivity contribution in [3.8, 4) is 5.75 Å². The average Bonchev–Trinajstić information content (AvgIpc) is 2.44. The first kappa shape index (κ1) is 12.7. The number of methoxy groups -OCH3 is 1. The summed E-state index contributed by atoms with van der Waals surface area (Å²) >= 11 is 8.55. The Morgan fingerprint density at radius 3 is 2.67 bits per heavy atom. The van der Waals surface area contributed by atoms with E-state index < -0.39 is 5.97 Å². The summed E-state index contributed by atoms with van der Waals surface area (Å²) in [6.07, 6.45) is 0. The molecular weight excluding hydrogens is 256 g/mol. The van der Waals surface area contributed by atoms with Gasteiger partial charge in [-0.2, -0.15) is 0 Å². The molecule has 0 saturated heterocycles. The molecule has 6 heteroatoms. The number of carbonyl (C=O) groups is 1. The van der Waals surface area contributed by atoms with E-state index in [1.165, 1.54) is 18.9 Å². The highest BCUT2D eigenvalue weighted by Crippen LogP contribution is 2.45. The van der Waals surface area contributed by atoms with Crippen LogP contribution in [0.2, 0.25) is 5.02 Å². The Balaban J connectivity index is 3.06. The van der Waals surface area contributed by atoms with Gasteiger partial charge in [0.2, 0.25) is 0 Å². The Labute approximate surface area is 101 Å². The average molecular weight is 267 g/mol. The molecule has 1 aromatic heterocycles. The highest BCUT2D eigenvalue weighted by molar-refractivity contribution is 8.01. The first-order valence-electron chi connectivity index (χ1n) is 4.23. The second kappa shape index (κ2) is 5.09. The maximum Gasteiger partial charge on any atom is 0.351 e. The summed E-state index contributed by atoms with van der Waals surface area (Å²) in [4.78, 5) is 11.4. The standard InChI is InChI=1S/C9H11ClO3S2/c1-4(2)14-9-5(10)6(11)7(15-9)8(12)13-3/h4,11H,1-3H3. The molecular formula is C9H11ClO3S2. The molecule has 0 spiro atoms. The molecule has 1 rings (SSSR count). The molecule has 1 N–H and O–H groups in total. The van der Waals surface area contributed by atoms with Crippen LogP contribution >= 0.6 is 34.7 Å². The zero-order valence-corrected chi connectivity index (χ0v) is 10.9. The SMILES string of the molecule is COC(=O)c1sc(SC(C)C)c(Cl)c1O. The van der Waals surface area contributed by atoms with E-state index in [0.717, 1.165) is 15.5 Å². The molecule has 0 fully saturated rings. The molecule has 0 aliphatic rings. The molecule has 0 aliphatic carbocycles. The van der Waals surface area contributed by atoms with Crippen molar-refractivity contribution in [2.24, 2.45) is 0 Å². The number of thiophene rings is 1. The number of hydrogen-bond donors (Lipinski definition) is 1. The minimum absolute atomic E-state index is 0.158. The molecule has 84 valence electrons. The summed E-state index contributed by atoms with van der Waals surface area (Å²) in [5, 5.41) is 10.2. The van der Waals surface area contributed by atoms with Crippen LogP contribution in [0.5, 0.6) is 5.75 Å². The third-order valence-corrected chi connectivity index (χ3v) is 4.48. The van der Waals surface area contributed by atoms with E-state index in [2.05, 4.69) is 4.74 Å². The van der Waals surface area contributed by atoms with Gasteiger partial charge in [-0.1, -0.05) is 25.4 Å². The van der Waals surface area contributed by atoms with E-state index in [-0.39, 0.29) is 15.6 Å². The van der Waals surface area contributed by atoms with Crippen molar-refractivity contribution in [2.45, 2.75) is 23.3 Å². The predicted molar refractivity (Wildman–Crippen MR) is 63.3 cm³/mol. The molecule has 1 heterocycles. The fraction of sp³-hybridized carbons (Fsp3) is 0.444. The first-order chi connectivity index (χ1) is 6.97. The van der Waals surface area contributed by atoms with E-state index >= 15 is 0 Å². The van der Waals surface area contributed by atoms with E-state index in [1.54, 1.807) is 0 Å². The summed E-state index contributed by atoms with van der Waals surface area (Å²) in [6.45, 7) is 4.02. The number of halogens is 1. The maximum atomic E-state index is 11.2. The van der Waals surface area contributed by atoms with Crippen LogP contribution in [0.4, 0.5) is 0 Å². The normalized spacial score (nSPS) is 10.7. The molecule has 0 atom stereocenters. The monoisotopic (exact) mass is 266 g/mol. The molecule has 0 radical (unpaired) electrons. The van der Waals surface area contributed by atoms with Crippen LogP contribution in [0.25, 0.3) is 0 Å². The van der Waals surface area contributed by atoms with Gasteiger partial charge in [-0.25, -0.2) is 4.79 Å². The summed E-state index contributed by atoms with van der Waals surface area (Å²) < 4.78 is 5.27. The molecule has 0 saturated carbocycles. The van der Waals surface area contributed by atoms with Crippen molar-refractivity contribution in [1.29, 1.82) is 0 Å². The van der Waals surface area contributed by atoms with Crippen LogP contribution < -0.4 is 0 Å². The molecule has 0 aromatic carbocycles. The van der Waals surface area contributed by atoms with Gasteiger partial charge in [0.15, 0.2) is 10.6 Å². The number of rotatable bonds is 3. The molecule has 1 aromatic rings. The number of aromatic hydroxyl groups is 1.